The highest BCUT2D eigenvalue weighted by molar-refractivity contribution is 6.30. The summed E-state index contributed by atoms with van der Waals surface area (Å²) in [4.78, 5) is 4.83. The first-order valence-electron chi connectivity index (χ1n) is 9.07. The molecule has 0 aliphatic carbocycles. The van der Waals surface area contributed by atoms with E-state index in [1.807, 2.05) is 91.0 Å². The zero-order valence-corrected chi connectivity index (χ0v) is 15.7. The van der Waals surface area contributed by atoms with Crippen LogP contribution in [-0.4, -0.2) is 10.1 Å². The summed E-state index contributed by atoms with van der Waals surface area (Å²) in [6.07, 6.45) is 0. The lowest BCUT2D eigenvalue weighted by Crippen LogP contribution is -1.90. The largest absolute Gasteiger partial charge is 0.507 e. The van der Waals surface area contributed by atoms with E-state index in [9.17, 15) is 5.11 Å². The molecule has 1 N–H and O–H groups in total. The Kier molecular flexibility index (Phi) is 4.00. The molecule has 5 aromatic rings. The van der Waals surface area contributed by atoms with Crippen molar-refractivity contribution in [3.8, 4) is 28.1 Å². The first-order chi connectivity index (χ1) is 13.7. The predicted octanol–water partition coefficient (Wildman–Crippen LogP) is 7.08. The number of phenols is 1. The van der Waals surface area contributed by atoms with Crippen LogP contribution in [0.2, 0.25) is 5.02 Å². The van der Waals surface area contributed by atoms with E-state index in [0.717, 1.165) is 44.1 Å². The maximum atomic E-state index is 11.0. The summed E-state index contributed by atoms with van der Waals surface area (Å²) >= 11 is 6.04. The summed E-state index contributed by atoms with van der Waals surface area (Å²) in [5, 5.41) is 14.6. The minimum absolute atomic E-state index is 0.288. The molecular weight excluding hydrogens is 366 g/mol. The fraction of sp³-hybridized carbons (Fsp3) is 0. The zero-order valence-electron chi connectivity index (χ0n) is 14.9. The normalized spacial score (nSPS) is 11.2. The van der Waals surface area contributed by atoms with E-state index in [1.54, 1.807) is 0 Å². The molecule has 0 saturated carbocycles. The smallest absolute Gasteiger partial charge is 0.131 e. The Morgan fingerprint density at radius 1 is 0.679 bits per heavy atom. The van der Waals surface area contributed by atoms with E-state index in [0.29, 0.717) is 5.02 Å². The lowest BCUT2D eigenvalue weighted by molar-refractivity contribution is 0.483. The Bertz CT molecular complexity index is 1330. The second-order valence-corrected chi connectivity index (χ2v) is 7.20. The molecule has 0 bridgehead atoms. The van der Waals surface area contributed by atoms with E-state index >= 15 is 0 Å². The maximum absolute atomic E-state index is 11.0. The summed E-state index contributed by atoms with van der Waals surface area (Å²) in [6, 6.07) is 29.6. The van der Waals surface area contributed by atoms with Gasteiger partial charge in [-0.3, -0.25) is 0 Å². The molecule has 4 aromatic carbocycles. The number of nitrogens with zero attached hydrogens (tertiary/aromatic N) is 1. The van der Waals surface area contributed by atoms with E-state index in [2.05, 4.69) is 0 Å². The van der Waals surface area contributed by atoms with Gasteiger partial charge in [0.05, 0.1) is 11.2 Å². The van der Waals surface area contributed by atoms with Crippen LogP contribution in [0.5, 0.6) is 5.75 Å². The van der Waals surface area contributed by atoms with Crippen LogP contribution in [0.25, 0.3) is 44.1 Å². The molecule has 5 rings (SSSR count). The number of halogens is 1. The predicted molar refractivity (Wildman–Crippen MR) is 117 cm³/mol. The third-order valence-corrected chi connectivity index (χ3v) is 5.30. The average molecular weight is 382 g/mol. The Morgan fingerprint density at radius 2 is 1.39 bits per heavy atom. The third kappa shape index (κ3) is 2.79. The van der Waals surface area contributed by atoms with E-state index < -0.39 is 0 Å². The molecule has 0 unspecified atom stereocenters. The van der Waals surface area contributed by atoms with Crippen LogP contribution >= 0.6 is 11.6 Å². The van der Waals surface area contributed by atoms with Crippen LogP contribution in [0.3, 0.4) is 0 Å². The van der Waals surface area contributed by atoms with Gasteiger partial charge in [0.25, 0.3) is 0 Å². The van der Waals surface area contributed by atoms with Gasteiger partial charge in [-0.1, -0.05) is 72.3 Å². The van der Waals surface area contributed by atoms with Crippen LogP contribution in [0.4, 0.5) is 0 Å². The highest BCUT2D eigenvalue weighted by Crippen LogP contribution is 2.40. The van der Waals surface area contributed by atoms with E-state index in [1.165, 1.54) is 0 Å². The quantitative estimate of drug-likeness (QED) is 0.354. The summed E-state index contributed by atoms with van der Waals surface area (Å²) in [5.41, 5.74) is 4.47. The van der Waals surface area contributed by atoms with Gasteiger partial charge in [-0.05, 0) is 41.3 Å². The fourth-order valence-corrected chi connectivity index (χ4v) is 3.77. The first-order valence-corrected chi connectivity index (χ1v) is 9.45. The van der Waals surface area contributed by atoms with Gasteiger partial charge in [0.1, 0.15) is 5.75 Å². The van der Waals surface area contributed by atoms with Gasteiger partial charge in [-0.15, -0.1) is 0 Å². The highest BCUT2D eigenvalue weighted by Gasteiger charge is 2.14. The van der Waals surface area contributed by atoms with Gasteiger partial charge >= 0.3 is 0 Å². The molecule has 0 spiro atoms. The molecule has 0 amide bonds. The number of benzene rings is 4. The molecule has 0 atom stereocenters. The molecule has 0 aliphatic rings. The minimum atomic E-state index is 0.288. The minimum Gasteiger partial charge on any atom is -0.507 e. The van der Waals surface area contributed by atoms with E-state index in [4.69, 9.17) is 16.6 Å². The molecule has 134 valence electrons. The number of aromatic nitrogens is 1. The van der Waals surface area contributed by atoms with Gasteiger partial charge in [-0.2, -0.15) is 0 Å². The second-order valence-electron chi connectivity index (χ2n) is 6.76. The van der Waals surface area contributed by atoms with Crippen LogP contribution in [0, 0.1) is 0 Å². The molecule has 28 heavy (non-hydrogen) atoms. The van der Waals surface area contributed by atoms with Crippen molar-refractivity contribution in [1.29, 1.82) is 0 Å². The number of hydrogen-bond acceptors (Lipinski definition) is 2. The van der Waals surface area contributed by atoms with Crippen molar-refractivity contribution in [2.24, 2.45) is 0 Å². The van der Waals surface area contributed by atoms with Gasteiger partial charge in [-0.25, -0.2) is 4.98 Å². The Hall–Kier alpha value is -3.36. The molecule has 0 radical (unpaired) electrons. The third-order valence-electron chi connectivity index (χ3n) is 5.05. The topological polar surface area (TPSA) is 33.1 Å². The number of rotatable bonds is 2. The van der Waals surface area contributed by atoms with Crippen molar-refractivity contribution in [3.05, 3.63) is 96.0 Å². The molecule has 3 heteroatoms. The SMILES string of the molecule is Oc1c(-c2cc(-c3ccc(Cl)cc3)nc3ccccc23)ccc2ccccc12. The van der Waals surface area contributed by atoms with Crippen molar-refractivity contribution in [2.45, 2.75) is 0 Å². The monoisotopic (exact) mass is 381 g/mol. The zero-order chi connectivity index (χ0) is 19.1. The number of pyridine rings is 1. The van der Waals surface area contributed by atoms with Crippen LogP contribution < -0.4 is 0 Å². The van der Waals surface area contributed by atoms with Crippen LogP contribution in [0.15, 0.2) is 91.0 Å². The Morgan fingerprint density at radius 3 is 2.21 bits per heavy atom. The van der Waals surface area contributed by atoms with Crippen molar-refractivity contribution >= 4 is 33.3 Å². The molecule has 1 aromatic heterocycles. The van der Waals surface area contributed by atoms with Gasteiger partial charge in [0, 0.05) is 26.9 Å². The lowest BCUT2D eigenvalue weighted by Gasteiger charge is -2.13. The summed E-state index contributed by atoms with van der Waals surface area (Å²) in [5.74, 6) is 0.288. The van der Waals surface area contributed by atoms with Crippen LogP contribution in [-0.2, 0) is 0 Å². The summed E-state index contributed by atoms with van der Waals surface area (Å²) in [7, 11) is 0. The molecule has 2 nitrogen and oxygen atoms in total. The summed E-state index contributed by atoms with van der Waals surface area (Å²) < 4.78 is 0. The van der Waals surface area contributed by atoms with Gasteiger partial charge in [0.2, 0.25) is 0 Å². The van der Waals surface area contributed by atoms with Crippen molar-refractivity contribution in [3.63, 3.8) is 0 Å². The molecule has 0 aliphatic heterocycles. The van der Waals surface area contributed by atoms with Crippen LogP contribution in [0.1, 0.15) is 0 Å². The van der Waals surface area contributed by atoms with Crippen molar-refractivity contribution < 1.29 is 5.11 Å². The van der Waals surface area contributed by atoms with Gasteiger partial charge < -0.3 is 5.11 Å². The van der Waals surface area contributed by atoms with Crippen molar-refractivity contribution in [1.82, 2.24) is 4.98 Å². The number of fused-ring (bicyclic) bond motifs is 2. The van der Waals surface area contributed by atoms with E-state index in [-0.39, 0.29) is 5.75 Å². The van der Waals surface area contributed by atoms with Crippen molar-refractivity contribution in [2.75, 3.05) is 0 Å². The number of para-hydroxylation sites is 1. The van der Waals surface area contributed by atoms with Gasteiger partial charge in [0.15, 0.2) is 0 Å². The second kappa shape index (κ2) is 6.66. The molecule has 0 saturated heterocycles. The number of phenolic OH excluding ortho intramolecular Hbond substituents is 1. The first kappa shape index (κ1) is 16.8. The summed E-state index contributed by atoms with van der Waals surface area (Å²) in [6.45, 7) is 0. The number of hydrogen-bond donors (Lipinski definition) is 1. The average Bonchev–Trinajstić information content (AvgIpc) is 2.74. The fourth-order valence-electron chi connectivity index (χ4n) is 3.64. The standard InChI is InChI=1S/C25H16ClNO/c26-18-12-9-17(10-13-18)24-15-22(20-7-3-4-8-23(20)27-24)21-14-11-16-5-1-2-6-19(16)25(21)28/h1-15,28H. The lowest BCUT2D eigenvalue weighted by atomic mass is 9.95. The maximum Gasteiger partial charge on any atom is 0.131 e. The molecule has 1 heterocycles. The number of aromatic hydroxyl groups is 1. The Labute approximate surface area is 167 Å². The Balaban J connectivity index is 1.81. The molecular formula is C25H16ClNO. The molecule has 0 fully saturated rings. The highest BCUT2D eigenvalue weighted by atomic mass is 35.5.